The molecule has 0 radical (unpaired) electrons. The van der Waals surface area contributed by atoms with Crippen LogP contribution in [-0.4, -0.2) is 30.8 Å². The average Bonchev–Trinajstić information content (AvgIpc) is 2.35. The zero-order valence-corrected chi connectivity index (χ0v) is 9.74. The fraction of sp³-hybridized carbons (Fsp3) is 0.273. The van der Waals surface area contributed by atoms with Crippen LogP contribution in [0.4, 0.5) is 0 Å². The Bertz CT molecular complexity index is 367. The predicted molar refractivity (Wildman–Crippen MR) is 63.6 cm³/mol. The van der Waals surface area contributed by atoms with E-state index < -0.39 is 12.0 Å². The lowest BCUT2D eigenvalue weighted by molar-refractivity contribution is -0.142. The molecule has 0 unspecified atom stereocenters. The summed E-state index contributed by atoms with van der Waals surface area (Å²) < 4.78 is 4.54. The minimum atomic E-state index is -0.721. The molecule has 1 aromatic carbocycles. The molecule has 0 bridgehead atoms. The van der Waals surface area contributed by atoms with Gasteiger partial charge in [0.1, 0.15) is 6.04 Å². The molecule has 1 amide bonds. The van der Waals surface area contributed by atoms with Crippen LogP contribution in [0.3, 0.4) is 0 Å². The SMILES string of the molecule is COC(=O)[C@@H](CS)NC(=O)c1ccccc1. The Hall–Kier alpha value is -1.49. The lowest BCUT2D eigenvalue weighted by Gasteiger charge is -2.13. The second kappa shape index (κ2) is 6.17. The number of thiol groups is 1. The lowest BCUT2D eigenvalue weighted by atomic mass is 10.2. The van der Waals surface area contributed by atoms with Crippen molar-refractivity contribution in [1.29, 1.82) is 0 Å². The molecule has 0 spiro atoms. The average molecular weight is 239 g/mol. The zero-order chi connectivity index (χ0) is 12.0. The normalized spacial score (nSPS) is 11.6. The van der Waals surface area contributed by atoms with E-state index >= 15 is 0 Å². The molecular formula is C11H13NO3S. The standard InChI is InChI=1S/C11H13NO3S/c1-15-11(14)9(7-16)12-10(13)8-5-3-2-4-6-8/h2-6,9,16H,7H2,1H3,(H,12,13)/t9-/m1/s1. The summed E-state index contributed by atoms with van der Waals surface area (Å²) in [6, 6.07) is 7.93. The molecule has 1 aromatic rings. The molecule has 0 aromatic heterocycles. The number of esters is 1. The molecule has 0 aliphatic carbocycles. The van der Waals surface area contributed by atoms with Gasteiger partial charge in [0.25, 0.3) is 5.91 Å². The molecule has 5 heteroatoms. The van der Waals surface area contributed by atoms with Crippen LogP contribution >= 0.6 is 12.6 Å². The van der Waals surface area contributed by atoms with E-state index in [9.17, 15) is 9.59 Å². The lowest BCUT2D eigenvalue weighted by Crippen LogP contribution is -2.42. The first kappa shape index (κ1) is 12.6. The van der Waals surface area contributed by atoms with Crippen molar-refractivity contribution in [2.75, 3.05) is 12.9 Å². The highest BCUT2D eigenvalue weighted by Gasteiger charge is 2.20. The molecule has 0 saturated carbocycles. The summed E-state index contributed by atoms with van der Waals surface area (Å²) in [6.45, 7) is 0. The smallest absolute Gasteiger partial charge is 0.329 e. The largest absolute Gasteiger partial charge is 0.467 e. The Morgan fingerprint density at radius 1 is 1.38 bits per heavy atom. The van der Waals surface area contributed by atoms with Gasteiger partial charge in [-0.25, -0.2) is 4.79 Å². The number of nitrogens with one attached hydrogen (secondary N) is 1. The van der Waals surface area contributed by atoms with Crippen LogP contribution in [0.1, 0.15) is 10.4 Å². The van der Waals surface area contributed by atoms with Crippen molar-refractivity contribution in [3.05, 3.63) is 35.9 Å². The Balaban J connectivity index is 2.66. The van der Waals surface area contributed by atoms with Crippen molar-refractivity contribution in [3.8, 4) is 0 Å². The summed E-state index contributed by atoms with van der Waals surface area (Å²) in [5.41, 5.74) is 0.498. The van der Waals surface area contributed by atoms with Gasteiger partial charge in [-0.3, -0.25) is 4.79 Å². The summed E-state index contributed by atoms with van der Waals surface area (Å²) in [7, 11) is 1.27. The Morgan fingerprint density at radius 2 is 2.00 bits per heavy atom. The van der Waals surface area contributed by atoms with E-state index in [1.54, 1.807) is 24.3 Å². The third-order valence-electron chi connectivity index (χ3n) is 2.01. The van der Waals surface area contributed by atoms with Crippen LogP contribution in [0, 0.1) is 0 Å². The van der Waals surface area contributed by atoms with E-state index in [2.05, 4.69) is 22.7 Å². The molecule has 86 valence electrons. The molecular weight excluding hydrogens is 226 g/mol. The first-order valence-electron chi connectivity index (χ1n) is 4.73. The van der Waals surface area contributed by atoms with Crippen LogP contribution in [0.15, 0.2) is 30.3 Å². The predicted octanol–water partition coefficient (Wildman–Crippen LogP) is 0.888. The number of methoxy groups -OCH3 is 1. The van der Waals surface area contributed by atoms with Crippen molar-refractivity contribution in [2.45, 2.75) is 6.04 Å². The topological polar surface area (TPSA) is 55.4 Å². The first-order chi connectivity index (χ1) is 7.69. The van der Waals surface area contributed by atoms with E-state index in [0.717, 1.165) is 0 Å². The van der Waals surface area contributed by atoms with E-state index in [1.807, 2.05) is 6.07 Å². The van der Waals surface area contributed by atoms with Gasteiger partial charge in [-0.1, -0.05) is 18.2 Å². The van der Waals surface area contributed by atoms with Gasteiger partial charge in [0.15, 0.2) is 0 Å². The molecule has 1 atom stereocenters. The number of hydrogen-bond donors (Lipinski definition) is 2. The molecule has 1 rings (SSSR count). The van der Waals surface area contributed by atoms with Gasteiger partial charge in [0, 0.05) is 11.3 Å². The molecule has 0 saturated heterocycles. The Kier molecular flexibility index (Phi) is 4.85. The van der Waals surface area contributed by atoms with Crippen molar-refractivity contribution in [2.24, 2.45) is 0 Å². The van der Waals surface area contributed by atoms with Gasteiger partial charge < -0.3 is 10.1 Å². The third kappa shape index (κ3) is 3.27. The number of amides is 1. The summed E-state index contributed by atoms with van der Waals surface area (Å²) in [5.74, 6) is -0.616. The van der Waals surface area contributed by atoms with Crippen molar-refractivity contribution >= 4 is 24.5 Å². The summed E-state index contributed by atoms with van der Waals surface area (Å²) in [5, 5.41) is 2.54. The van der Waals surface area contributed by atoms with Crippen LogP contribution in [-0.2, 0) is 9.53 Å². The highest BCUT2D eigenvalue weighted by Crippen LogP contribution is 2.00. The fourth-order valence-corrected chi connectivity index (χ4v) is 1.39. The van der Waals surface area contributed by atoms with Crippen LogP contribution in [0.2, 0.25) is 0 Å². The molecule has 16 heavy (non-hydrogen) atoms. The number of ether oxygens (including phenoxy) is 1. The Labute approximate surface area is 99.4 Å². The van der Waals surface area contributed by atoms with Crippen molar-refractivity contribution < 1.29 is 14.3 Å². The van der Waals surface area contributed by atoms with Gasteiger partial charge in [-0.05, 0) is 12.1 Å². The number of carbonyl (C=O) groups excluding carboxylic acids is 2. The second-order valence-corrected chi connectivity index (χ2v) is 3.46. The summed E-state index contributed by atoms with van der Waals surface area (Å²) in [4.78, 5) is 22.9. The molecule has 0 aliphatic heterocycles. The maximum absolute atomic E-state index is 11.7. The van der Waals surface area contributed by atoms with Gasteiger partial charge in [0.2, 0.25) is 0 Å². The minimum Gasteiger partial charge on any atom is -0.467 e. The van der Waals surface area contributed by atoms with Crippen molar-refractivity contribution in [3.63, 3.8) is 0 Å². The third-order valence-corrected chi connectivity index (χ3v) is 2.37. The second-order valence-electron chi connectivity index (χ2n) is 3.10. The Morgan fingerprint density at radius 3 is 2.50 bits per heavy atom. The number of carbonyl (C=O) groups is 2. The highest BCUT2D eigenvalue weighted by atomic mass is 32.1. The fourth-order valence-electron chi connectivity index (χ4n) is 1.15. The maximum Gasteiger partial charge on any atom is 0.329 e. The highest BCUT2D eigenvalue weighted by molar-refractivity contribution is 7.80. The van der Waals surface area contributed by atoms with Crippen LogP contribution in [0.25, 0.3) is 0 Å². The number of rotatable bonds is 4. The monoisotopic (exact) mass is 239 g/mol. The molecule has 4 nitrogen and oxygen atoms in total. The zero-order valence-electron chi connectivity index (χ0n) is 8.84. The van der Waals surface area contributed by atoms with Gasteiger partial charge in [0.05, 0.1) is 7.11 Å². The van der Waals surface area contributed by atoms with E-state index in [0.29, 0.717) is 5.56 Å². The quantitative estimate of drug-likeness (QED) is 0.606. The van der Waals surface area contributed by atoms with Crippen LogP contribution < -0.4 is 5.32 Å². The molecule has 0 fully saturated rings. The molecule has 0 aliphatic rings. The minimum absolute atomic E-state index is 0.200. The maximum atomic E-state index is 11.7. The van der Waals surface area contributed by atoms with E-state index in [1.165, 1.54) is 7.11 Å². The molecule has 0 heterocycles. The van der Waals surface area contributed by atoms with Gasteiger partial charge in [-0.2, -0.15) is 12.6 Å². The first-order valence-corrected chi connectivity index (χ1v) is 5.37. The summed E-state index contributed by atoms with van der Waals surface area (Å²) in [6.07, 6.45) is 0. The van der Waals surface area contributed by atoms with E-state index in [-0.39, 0.29) is 11.7 Å². The summed E-state index contributed by atoms with van der Waals surface area (Å²) >= 11 is 3.98. The van der Waals surface area contributed by atoms with Crippen LogP contribution in [0.5, 0.6) is 0 Å². The van der Waals surface area contributed by atoms with E-state index in [4.69, 9.17) is 0 Å². The number of hydrogen-bond acceptors (Lipinski definition) is 4. The van der Waals surface area contributed by atoms with Gasteiger partial charge >= 0.3 is 5.97 Å². The van der Waals surface area contributed by atoms with Gasteiger partial charge in [-0.15, -0.1) is 0 Å². The van der Waals surface area contributed by atoms with Crippen molar-refractivity contribution in [1.82, 2.24) is 5.32 Å². The molecule has 1 N–H and O–H groups in total. The number of benzene rings is 1.